The number of rotatable bonds is 6. The van der Waals surface area contributed by atoms with E-state index in [0.717, 1.165) is 9.80 Å². The second kappa shape index (κ2) is 11.0. The second-order valence-corrected chi connectivity index (χ2v) is 13.8. The molecule has 47 heavy (non-hydrogen) atoms. The Balaban J connectivity index is 1.29. The summed E-state index contributed by atoms with van der Waals surface area (Å²) >= 11 is 14.5. The van der Waals surface area contributed by atoms with E-state index in [1.54, 1.807) is 72.8 Å². The molecular formula is C37H30Cl2N2O6. The van der Waals surface area contributed by atoms with E-state index in [-0.39, 0.29) is 24.4 Å². The van der Waals surface area contributed by atoms with E-state index in [4.69, 9.17) is 23.2 Å². The Hall–Kier alpha value is -4.53. The number of hydrogen-bond donors (Lipinski definition) is 1. The van der Waals surface area contributed by atoms with Crippen LogP contribution in [0.25, 0.3) is 0 Å². The predicted octanol–water partition coefficient (Wildman–Crippen LogP) is 5.54. The van der Waals surface area contributed by atoms with Crippen molar-refractivity contribution in [1.82, 2.24) is 4.90 Å². The van der Waals surface area contributed by atoms with Crippen molar-refractivity contribution < 1.29 is 29.1 Å². The summed E-state index contributed by atoms with van der Waals surface area (Å²) < 4.78 is 0. The molecule has 0 bridgehead atoms. The van der Waals surface area contributed by atoms with Crippen molar-refractivity contribution in [1.29, 1.82) is 0 Å². The SMILES string of the molecule is C=CCc1cccc(C2C3=CCC4C(=O)N(c5ccc(C(=O)c6ccccc6)cc5)C(=O)C4C3CC3(Cl)C(=O)N(C)C(=O)C23Cl)c1O. The average molecular weight is 670 g/mol. The summed E-state index contributed by atoms with van der Waals surface area (Å²) in [7, 11) is 1.32. The Morgan fingerprint density at radius 1 is 0.915 bits per heavy atom. The van der Waals surface area contributed by atoms with Gasteiger partial charge in [0.1, 0.15) is 5.75 Å². The molecule has 0 spiro atoms. The molecule has 6 atom stereocenters. The van der Waals surface area contributed by atoms with Gasteiger partial charge >= 0.3 is 0 Å². The number of aromatic hydroxyl groups is 1. The Labute approximate surface area is 281 Å². The molecule has 2 saturated heterocycles. The number of likely N-dealkylation sites (tertiary alicyclic amines) is 1. The third-order valence-electron chi connectivity index (χ3n) is 10.3. The molecule has 238 valence electrons. The van der Waals surface area contributed by atoms with Crippen molar-refractivity contribution in [3.8, 4) is 5.75 Å². The lowest BCUT2D eigenvalue weighted by Gasteiger charge is -2.50. The molecule has 0 radical (unpaired) electrons. The van der Waals surface area contributed by atoms with Crippen LogP contribution in [0.2, 0.25) is 0 Å². The highest BCUT2D eigenvalue weighted by molar-refractivity contribution is 6.53. The van der Waals surface area contributed by atoms with Gasteiger partial charge in [0, 0.05) is 29.7 Å². The van der Waals surface area contributed by atoms with Crippen LogP contribution >= 0.6 is 23.2 Å². The van der Waals surface area contributed by atoms with Crippen molar-refractivity contribution in [2.75, 3.05) is 11.9 Å². The van der Waals surface area contributed by atoms with E-state index in [1.165, 1.54) is 7.05 Å². The second-order valence-electron chi connectivity index (χ2n) is 12.6. The fourth-order valence-electron chi connectivity index (χ4n) is 8.03. The van der Waals surface area contributed by atoms with Crippen LogP contribution in [0.3, 0.4) is 0 Å². The summed E-state index contributed by atoms with van der Waals surface area (Å²) in [6.07, 6.45) is 3.83. The van der Waals surface area contributed by atoms with Crippen LogP contribution in [0.4, 0.5) is 5.69 Å². The molecule has 8 nitrogen and oxygen atoms in total. The van der Waals surface area contributed by atoms with Crippen LogP contribution < -0.4 is 4.90 Å². The highest BCUT2D eigenvalue weighted by Crippen LogP contribution is 2.66. The highest BCUT2D eigenvalue weighted by Gasteiger charge is 2.76. The number of phenolic OH excluding ortho intramolecular Hbond substituents is 1. The molecule has 3 aromatic rings. The minimum absolute atomic E-state index is 0.101. The monoisotopic (exact) mass is 668 g/mol. The molecule has 1 N–H and O–H groups in total. The van der Waals surface area contributed by atoms with Gasteiger partial charge in [-0.05, 0) is 55.0 Å². The number of amides is 4. The number of ketones is 1. The summed E-state index contributed by atoms with van der Waals surface area (Å²) in [6, 6.07) is 20.2. The van der Waals surface area contributed by atoms with Crippen molar-refractivity contribution in [3.05, 3.63) is 119 Å². The molecule has 4 amide bonds. The van der Waals surface area contributed by atoms with Crippen molar-refractivity contribution in [2.45, 2.75) is 34.9 Å². The molecule has 2 heterocycles. The number of imide groups is 2. The Kier molecular flexibility index (Phi) is 7.30. The van der Waals surface area contributed by atoms with E-state index >= 15 is 0 Å². The van der Waals surface area contributed by atoms with E-state index in [2.05, 4.69) is 6.58 Å². The van der Waals surface area contributed by atoms with E-state index in [0.29, 0.717) is 39.9 Å². The molecule has 3 fully saturated rings. The molecular weight excluding hydrogens is 639 g/mol. The molecule has 1 saturated carbocycles. The number of alkyl halides is 2. The molecule has 6 unspecified atom stereocenters. The van der Waals surface area contributed by atoms with E-state index < -0.39 is 57.0 Å². The lowest BCUT2D eigenvalue weighted by molar-refractivity contribution is -0.138. The van der Waals surface area contributed by atoms with Gasteiger partial charge in [-0.3, -0.25) is 33.8 Å². The molecule has 3 aromatic carbocycles. The van der Waals surface area contributed by atoms with Crippen molar-refractivity contribution in [3.63, 3.8) is 0 Å². The van der Waals surface area contributed by atoms with Crippen LogP contribution in [0.5, 0.6) is 5.75 Å². The number of halogens is 2. The van der Waals surface area contributed by atoms with Crippen molar-refractivity contribution >= 4 is 58.3 Å². The smallest absolute Gasteiger partial charge is 0.253 e. The molecule has 7 rings (SSSR count). The summed E-state index contributed by atoms with van der Waals surface area (Å²) in [5, 5.41) is 11.5. The van der Waals surface area contributed by atoms with Crippen LogP contribution in [0.1, 0.15) is 45.8 Å². The molecule has 4 aliphatic rings. The summed E-state index contributed by atoms with van der Waals surface area (Å²) in [5.41, 5.74) is 2.69. The number of allylic oxidation sites excluding steroid dienone is 3. The number of benzene rings is 3. The molecule has 2 aliphatic carbocycles. The zero-order chi connectivity index (χ0) is 33.4. The predicted molar refractivity (Wildman–Crippen MR) is 176 cm³/mol. The Morgan fingerprint density at radius 2 is 1.60 bits per heavy atom. The van der Waals surface area contributed by atoms with Gasteiger partial charge in [0.25, 0.3) is 11.8 Å². The summed E-state index contributed by atoms with van der Waals surface area (Å²) in [5.74, 6) is -5.96. The number of para-hydroxylation sites is 1. The number of fused-ring (bicyclic) bond motifs is 4. The van der Waals surface area contributed by atoms with E-state index in [1.807, 2.05) is 12.1 Å². The molecule has 2 aliphatic heterocycles. The lowest BCUT2D eigenvalue weighted by Crippen LogP contribution is -2.60. The Morgan fingerprint density at radius 3 is 2.28 bits per heavy atom. The maximum atomic E-state index is 14.3. The number of nitrogens with zero attached hydrogens (tertiary/aromatic N) is 2. The molecule has 0 aromatic heterocycles. The third-order valence-corrected chi connectivity index (χ3v) is 11.7. The number of carbonyl (C=O) groups is 5. The highest BCUT2D eigenvalue weighted by atomic mass is 35.5. The number of anilines is 1. The fourth-order valence-corrected chi connectivity index (χ4v) is 9.04. The third kappa shape index (κ3) is 4.24. The first kappa shape index (κ1) is 31.1. The van der Waals surface area contributed by atoms with Gasteiger partial charge < -0.3 is 5.11 Å². The van der Waals surface area contributed by atoms with Crippen LogP contribution in [0.15, 0.2) is 97.1 Å². The zero-order valence-corrected chi connectivity index (χ0v) is 26.9. The van der Waals surface area contributed by atoms with Gasteiger partial charge in [-0.1, -0.05) is 66.3 Å². The first-order chi connectivity index (χ1) is 22.5. The van der Waals surface area contributed by atoms with Gasteiger partial charge in [0.05, 0.1) is 17.5 Å². The number of hydrogen-bond acceptors (Lipinski definition) is 6. The van der Waals surface area contributed by atoms with Crippen LogP contribution in [-0.2, 0) is 25.6 Å². The topological polar surface area (TPSA) is 112 Å². The standard InChI is InChI=1S/C37H30Cl2N2O6/c1-3-8-20-11-7-12-26(31(20)43)29-24-17-18-25-28(27(24)19-36(38)34(46)40(2)35(47)37(29,36)39)33(45)41(32(25)44)23-15-13-22(14-16-23)30(42)21-9-5-4-6-10-21/h3-7,9-17,25,27-29,43H,1,8,18-19H2,2H3. The number of phenols is 1. The lowest BCUT2D eigenvalue weighted by atomic mass is 9.56. The van der Waals surface area contributed by atoms with Gasteiger partial charge in [-0.2, -0.15) is 0 Å². The fraction of sp³-hybridized carbons (Fsp3) is 0.270. The Bertz CT molecular complexity index is 1920. The maximum Gasteiger partial charge on any atom is 0.253 e. The summed E-state index contributed by atoms with van der Waals surface area (Å²) in [6.45, 7) is 3.76. The van der Waals surface area contributed by atoms with Crippen molar-refractivity contribution in [2.24, 2.45) is 17.8 Å². The van der Waals surface area contributed by atoms with Gasteiger partial charge in [0.2, 0.25) is 11.8 Å². The minimum atomic E-state index is -1.99. The number of carbonyl (C=O) groups excluding carboxylic acids is 5. The van der Waals surface area contributed by atoms with E-state index in [9.17, 15) is 29.1 Å². The minimum Gasteiger partial charge on any atom is -0.507 e. The van der Waals surface area contributed by atoms with Crippen LogP contribution in [-0.4, -0.2) is 56.2 Å². The van der Waals surface area contributed by atoms with Crippen LogP contribution in [0, 0.1) is 17.8 Å². The molecule has 10 heteroatoms. The van der Waals surface area contributed by atoms with Gasteiger partial charge in [0.15, 0.2) is 15.5 Å². The average Bonchev–Trinajstić information content (AvgIpc) is 3.41. The maximum absolute atomic E-state index is 14.3. The largest absolute Gasteiger partial charge is 0.507 e. The van der Waals surface area contributed by atoms with Gasteiger partial charge in [-0.15, -0.1) is 29.8 Å². The first-order valence-electron chi connectivity index (χ1n) is 15.3. The first-order valence-corrected chi connectivity index (χ1v) is 16.1. The zero-order valence-electron chi connectivity index (χ0n) is 25.4. The summed E-state index contributed by atoms with van der Waals surface area (Å²) in [4.78, 5) is 66.8. The normalized spacial score (nSPS) is 29.7. The van der Waals surface area contributed by atoms with Gasteiger partial charge in [-0.25, -0.2) is 0 Å². The quantitative estimate of drug-likeness (QED) is 0.160.